The molecular formula is C21H33NO4. The molecule has 1 amide bonds. The van der Waals surface area contributed by atoms with E-state index in [1.165, 1.54) is 30.6 Å². The molecule has 0 bridgehead atoms. The summed E-state index contributed by atoms with van der Waals surface area (Å²) in [5, 5.41) is 9.53. The maximum Gasteiger partial charge on any atom is 0.410 e. The van der Waals surface area contributed by atoms with Crippen molar-refractivity contribution in [3.8, 4) is 0 Å². The molecule has 5 nitrogen and oxygen atoms in total. The van der Waals surface area contributed by atoms with Gasteiger partial charge in [-0.3, -0.25) is 4.90 Å². The highest BCUT2D eigenvalue weighted by Crippen LogP contribution is 2.15. The number of hydrogen-bond acceptors (Lipinski definition) is 3. The zero-order valence-corrected chi connectivity index (χ0v) is 16.2. The highest BCUT2D eigenvalue weighted by atomic mass is 16.6. The van der Waals surface area contributed by atoms with Gasteiger partial charge in [0, 0.05) is 6.54 Å². The molecule has 0 aliphatic heterocycles. The first-order chi connectivity index (χ1) is 12.6. The summed E-state index contributed by atoms with van der Waals surface area (Å²) >= 11 is 0. The number of aliphatic carboxylic acids is 1. The van der Waals surface area contributed by atoms with Crippen molar-refractivity contribution in [1.82, 2.24) is 4.90 Å². The molecule has 1 aromatic rings. The lowest BCUT2D eigenvalue weighted by molar-refractivity contribution is -0.143. The standard InChI is InChI=1S/C21H33NO4/c1-3-5-6-7-8-9-13-16-19(20(23)24)22(4-2)21(25)26-17-18-14-11-10-12-15-18/h10-12,14-15,19H,3-9,13,16-17H2,1-2H3,(H,23,24). The molecule has 0 saturated carbocycles. The van der Waals surface area contributed by atoms with E-state index in [-0.39, 0.29) is 6.61 Å². The molecule has 1 N–H and O–H groups in total. The normalized spacial score (nSPS) is 11.8. The van der Waals surface area contributed by atoms with Gasteiger partial charge in [0.1, 0.15) is 12.6 Å². The lowest BCUT2D eigenvalue weighted by atomic mass is 10.0. The Morgan fingerprint density at radius 1 is 1.00 bits per heavy atom. The van der Waals surface area contributed by atoms with Crippen molar-refractivity contribution in [2.75, 3.05) is 6.54 Å². The van der Waals surface area contributed by atoms with Crippen LogP contribution >= 0.6 is 0 Å². The van der Waals surface area contributed by atoms with Gasteiger partial charge in [0.15, 0.2) is 0 Å². The van der Waals surface area contributed by atoms with E-state index >= 15 is 0 Å². The third-order valence-corrected chi connectivity index (χ3v) is 4.52. The molecule has 0 aliphatic rings. The van der Waals surface area contributed by atoms with Crippen molar-refractivity contribution >= 4 is 12.1 Å². The first kappa shape index (κ1) is 22.0. The van der Waals surface area contributed by atoms with Gasteiger partial charge in [-0.2, -0.15) is 0 Å². The van der Waals surface area contributed by atoms with Gasteiger partial charge in [-0.05, 0) is 18.9 Å². The second-order valence-corrected chi connectivity index (χ2v) is 6.59. The fourth-order valence-corrected chi connectivity index (χ4v) is 2.99. The van der Waals surface area contributed by atoms with Crippen LogP contribution in [-0.2, 0) is 16.1 Å². The van der Waals surface area contributed by atoms with Gasteiger partial charge >= 0.3 is 12.1 Å². The van der Waals surface area contributed by atoms with Gasteiger partial charge in [0.2, 0.25) is 0 Å². The summed E-state index contributed by atoms with van der Waals surface area (Å²) in [6.07, 6.45) is 7.76. The van der Waals surface area contributed by atoms with Crippen molar-refractivity contribution in [3.63, 3.8) is 0 Å². The minimum Gasteiger partial charge on any atom is -0.480 e. The van der Waals surface area contributed by atoms with Crippen LogP contribution in [0.1, 0.15) is 70.8 Å². The van der Waals surface area contributed by atoms with Crippen LogP contribution in [0.3, 0.4) is 0 Å². The molecule has 0 fully saturated rings. The molecule has 146 valence electrons. The Bertz CT molecular complexity index is 518. The number of likely N-dealkylation sites (N-methyl/N-ethyl adjacent to an activating group) is 1. The van der Waals surface area contributed by atoms with Gasteiger partial charge < -0.3 is 9.84 Å². The van der Waals surface area contributed by atoms with Gasteiger partial charge in [-0.15, -0.1) is 0 Å². The number of nitrogens with zero attached hydrogens (tertiary/aromatic N) is 1. The van der Waals surface area contributed by atoms with Crippen LogP contribution in [0.2, 0.25) is 0 Å². The molecule has 26 heavy (non-hydrogen) atoms. The second-order valence-electron chi connectivity index (χ2n) is 6.59. The fourth-order valence-electron chi connectivity index (χ4n) is 2.99. The van der Waals surface area contributed by atoms with Crippen LogP contribution in [0.15, 0.2) is 30.3 Å². The van der Waals surface area contributed by atoms with Gasteiger partial charge in [0.05, 0.1) is 0 Å². The Kier molecular flexibility index (Phi) is 11.2. The number of carbonyl (C=O) groups is 2. The number of hydrogen-bond donors (Lipinski definition) is 1. The number of ether oxygens (including phenoxy) is 1. The van der Waals surface area contributed by atoms with Crippen molar-refractivity contribution in [1.29, 1.82) is 0 Å². The zero-order valence-electron chi connectivity index (χ0n) is 16.2. The summed E-state index contributed by atoms with van der Waals surface area (Å²) in [5.41, 5.74) is 0.885. The first-order valence-corrected chi connectivity index (χ1v) is 9.80. The van der Waals surface area contributed by atoms with Crippen molar-refractivity contribution in [2.45, 2.75) is 77.9 Å². The minimum atomic E-state index is -0.963. The van der Waals surface area contributed by atoms with E-state index < -0.39 is 18.1 Å². The van der Waals surface area contributed by atoms with E-state index in [0.717, 1.165) is 24.8 Å². The Balaban J connectivity index is 2.45. The monoisotopic (exact) mass is 363 g/mol. The molecule has 0 aromatic heterocycles. The molecule has 5 heteroatoms. The number of benzene rings is 1. The number of unbranched alkanes of at least 4 members (excludes halogenated alkanes) is 6. The Labute approximate surface area is 157 Å². The summed E-state index contributed by atoms with van der Waals surface area (Å²) < 4.78 is 5.31. The maximum absolute atomic E-state index is 12.3. The summed E-state index contributed by atoms with van der Waals surface area (Å²) in [6.45, 7) is 4.44. The van der Waals surface area contributed by atoms with Crippen LogP contribution < -0.4 is 0 Å². The molecule has 1 atom stereocenters. The molecule has 1 aromatic carbocycles. The molecule has 1 unspecified atom stereocenters. The van der Waals surface area contributed by atoms with Gasteiger partial charge in [-0.25, -0.2) is 9.59 Å². The predicted octanol–water partition coefficient (Wildman–Crippen LogP) is 5.24. The van der Waals surface area contributed by atoms with E-state index in [1.54, 1.807) is 6.92 Å². The third kappa shape index (κ3) is 8.37. The van der Waals surface area contributed by atoms with Crippen molar-refractivity contribution < 1.29 is 19.4 Å². The SMILES string of the molecule is CCCCCCCCCC(C(=O)O)N(CC)C(=O)OCc1ccccc1. The average Bonchev–Trinajstić information content (AvgIpc) is 2.65. The summed E-state index contributed by atoms with van der Waals surface area (Å²) in [7, 11) is 0. The van der Waals surface area contributed by atoms with E-state index in [2.05, 4.69) is 6.92 Å². The summed E-state index contributed by atoms with van der Waals surface area (Å²) in [4.78, 5) is 25.3. The molecule has 0 aliphatic carbocycles. The number of amides is 1. The van der Waals surface area contributed by atoms with E-state index in [0.29, 0.717) is 13.0 Å². The highest BCUT2D eigenvalue weighted by Gasteiger charge is 2.29. The molecule has 0 spiro atoms. The van der Waals surface area contributed by atoms with Crippen LogP contribution in [0, 0.1) is 0 Å². The Hall–Kier alpha value is -2.04. The summed E-state index contributed by atoms with van der Waals surface area (Å²) in [5.74, 6) is -0.963. The summed E-state index contributed by atoms with van der Waals surface area (Å²) in [6, 6.07) is 8.57. The largest absolute Gasteiger partial charge is 0.480 e. The van der Waals surface area contributed by atoms with Crippen molar-refractivity contribution in [3.05, 3.63) is 35.9 Å². The van der Waals surface area contributed by atoms with Crippen LogP contribution in [-0.4, -0.2) is 34.7 Å². The smallest absolute Gasteiger partial charge is 0.410 e. The topological polar surface area (TPSA) is 66.8 Å². The Morgan fingerprint density at radius 2 is 1.62 bits per heavy atom. The average molecular weight is 363 g/mol. The Morgan fingerprint density at radius 3 is 2.19 bits per heavy atom. The maximum atomic E-state index is 12.3. The number of carboxylic acids is 1. The third-order valence-electron chi connectivity index (χ3n) is 4.52. The number of rotatable bonds is 13. The van der Waals surface area contributed by atoms with Crippen LogP contribution in [0.5, 0.6) is 0 Å². The fraction of sp³-hybridized carbons (Fsp3) is 0.619. The van der Waals surface area contributed by atoms with E-state index in [9.17, 15) is 14.7 Å². The number of carbonyl (C=O) groups excluding carboxylic acids is 1. The van der Waals surface area contributed by atoms with Gasteiger partial charge in [-0.1, -0.05) is 82.2 Å². The van der Waals surface area contributed by atoms with Crippen molar-refractivity contribution in [2.24, 2.45) is 0 Å². The molecular weight excluding hydrogens is 330 g/mol. The molecule has 1 rings (SSSR count). The zero-order chi connectivity index (χ0) is 19.2. The van der Waals surface area contributed by atoms with Crippen LogP contribution in [0.25, 0.3) is 0 Å². The van der Waals surface area contributed by atoms with E-state index in [1.807, 2.05) is 30.3 Å². The second kappa shape index (κ2) is 13.2. The predicted molar refractivity (Wildman–Crippen MR) is 103 cm³/mol. The lowest BCUT2D eigenvalue weighted by Crippen LogP contribution is -2.45. The first-order valence-electron chi connectivity index (χ1n) is 9.80. The highest BCUT2D eigenvalue weighted by molar-refractivity contribution is 5.80. The minimum absolute atomic E-state index is 0.153. The lowest BCUT2D eigenvalue weighted by Gasteiger charge is -2.27. The van der Waals surface area contributed by atoms with E-state index in [4.69, 9.17) is 4.74 Å². The quantitative estimate of drug-likeness (QED) is 0.487. The molecule has 0 radical (unpaired) electrons. The van der Waals surface area contributed by atoms with Crippen LogP contribution in [0.4, 0.5) is 4.79 Å². The molecule has 0 heterocycles. The van der Waals surface area contributed by atoms with Gasteiger partial charge in [0.25, 0.3) is 0 Å². The molecule has 0 saturated heterocycles. The number of carboxylic acid groups (broad SMARTS) is 1.